The molecule has 0 amide bonds. The molecule has 0 saturated carbocycles. The van der Waals surface area contributed by atoms with E-state index in [4.69, 9.17) is 5.11 Å². The van der Waals surface area contributed by atoms with Crippen LogP contribution < -0.4 is 0 Å². The molecule has 0 spiro atoms. The molecule has 62 valence electrons. The maximum Gasteiger partial charge on any atom is 0.309 e. The van der Waals surface area contributed by atoms with Gasteiger partial charge in [-0.3, -0.25) is 14.5 Å². The molecule has 1 aliphatic rings. The minimum Gasteiger partial charge on any atom is -0.481 e. The van der Waals surface area contributed by atoms with Crippen molar-refractivity contribution in [1.82, 2.24) is 4.90 Å². The van der Waals surface area contributed by atoms with Crippen molar-refractivity contribution in [2.45, 2.75) is 6.92 Å². The highest BCUT2D eigenvalue weighted by molar-refractivity contribution is 5.78. The zero-order chi connectivity index (χ0) is 8.43. The van der Waals surface area contributed by atoms with Crippen LogP contribution in [0.5, 0.6) is 0 Å². The lowest BCUT2D eigenvalue weighted by molar-refractivity contribution is -0.148. The van der Waals surface area contributed by atoms with Crippen molar-refractivity contribution < 1.29 is 14.7 Å². The van der Waals surface area contributed by atoms with Gasteiger partial charge in [0.2, 0.25) is 0 Å². The topological polar surface area (TPSA) is 57.6 Å². The van der Waals surface area contributed by atoms with Crippen LogP contribution in [0.25, 0.3) is 0 Å². The monoisotopic (exact) mass is 157 g/mol. The SMILES string of the molecule is CC(=O)CN1CC(C(=O)O)C1. The molecule has 4 heteroatoms. The largest absolute Gasteiger partial charge is 0.481 e. The Balaban J connectivity index is 2.19. The van der Waals surface area contributed by atoms with Gasteiger partial charge in [0.05, 0.1) is 12.5 Å². The fourth-order valence-corrected chi connectivity index (χ4v) is 1.17. The molecule has 1 aliphatic heterocycles. The number of carbonyl (C=O) groups excluding carboxylic acids is 1. The van der Waals surface area contributed by atoms with Crippen LogP contribution >= 0.6 is 0 Å². The number of ketones is 1. The number of carbonyl (C=O) groups is 2. The summed E-state index contributed by atoms with van der Waals surface area (Å²) in [5.74, 6) is -0.923. The van der Waals surface area contributed by atoms with E-state index < -0.39 is 5.97 Å². The first-order chi connectivity index (χ1) is 5.09. The third kappa shape index (κ3) is 2.01. The van der Waals surface area contributed by atoms with Crippen LogP contribution in [-0.4, -0.2) is 41.4 Å². The van der Waals surface area contributed by atoms with Crippen molar-refractivity contribution in [2.24, 2.45) is 5.92 Å². The molecule has 0 radical (unpaired) electrons. The van der Waals surface area contributed by atoms with Gasteiger partial charge in [-0.2, -0.15) is 0 Å². The number of Topliss-reactive ketones (excluding diaryl/α,β-unsaturated/α-hetero) is 1. The van der Waals surface area contributed by atoms with Gasteiger partial charge in [-0.15, -0.1) is 0 Å². The summed E-state index contributed by atoms with van der Waals surface area (Å²) in [6.07, 6.45) is 0. The molecule has 1 heterocycles. The van der Waals surface area contributed by atoms with Gasteiger partial charge >= 0.3 is 5.97 Å². The summed E-state index contributed by atoms with van der Waals surface area (Å²) in [7, 11) is 0. The van der Waals surface area contributed by atoms with E-state index in [1.165, 1.54) is 6.92 Å². The standard InChI is InChI=1S/C7H11NO3/c1-5(9)2-8-3-6(4-8)7(10)11/h6H,2-4H2,1H3,(H,10,11). The number of hydrogen-bond acceptors (Lipinski definition) is 3. The predicted octanol–water partition coefficient (Wildman–Crippen LogP) is -0.408. The molecule has 0 aromatic heterocycles. The average Bonchev–Trinajstić information content (AvgIpc) is 1.75. The van der Waals surface area contributed by atoms with E-state index in [-0.39, 0.29) is 11.7 Å². The lowest BCUT2D eigenvalue weighted by atomic mass is 10.0. The van der Waals surface area contributed by atoms with Gasteiger partial charge in [-0.1, -0.05) is 0 Å². The fraction of sp³-hybridized carbons (Fsp3) is 0.714. The Bertz CT molecular complexity index is 184. The van der Waals surface area contributed by atoms with E-state index in [0.717, 1.165) is 0 Å². The molecule has 0 atom stereocenters. The normalized spacial score (nSPS) is 19.4. The van der Waals surface area contributed by atoms with Crippen molar-refractivity contribution >= 4 is 11.8 Å². The second-order valence-corrected chi connectivity index (χ2v) is 2.93. The van der Waals surface area contributed by atoms with E-state index in [0.29, 0.717) is 19.6 Å². The van der Waals surface area contributed by atoms with E-state index >= 15 is 0 Å². The molecule has 0 bridgehead atoms. The van der Waals surface area contributed by atoms with Crippen LogP contribution in [0, 0.1) is 5.92 Å². The highest BCUT2D eigenvalue weighted by Crippen LogP contribution is 2.14. The van der Waals surface area contributed by atoms with Crippen molar-refractivity contribution in [3.05, 3.63) is 0 Å². The highest BCUT2D eigenvalue weighted by atomic mass is 16.4. The van der Waals surface area contributed by atoms with Gasteiger partial charge < -0.3 is 5.11 Å². The van der Waals surface area contributed by atoms with E-state index in [1.807, 2.05) is 4.90 Å². The van der Waals surface area contributed by atoms with Crippen LogP contribution in [0.2, 0.25) is 0 Å². The lowest BCUT2D eigenvalue weighted by Gasteiger charge is -2.35. The number of aliphatic carboxylic acids is 1. The summed E-state index contributed by atoms with van der Waals surface area (Å²) in [6, 6.07) is 0. The van der Waals surface area contributed by atoms with Gasteiger partial charge in [0.15, 0.2) is 0 Å². The summed E-state index contributed by atoms with van der Waals surface area (Å²) >= 11 is 0. The third-order valence-corrected chi connectivity index (χ3v) is 1.75. The van der Waals surface area contributed by atoms with Crippen molar-refractivity contribution in [3.8, 4) is 0 Å². The summed E-state index contributed by atoms with van der Waals surface area (Å²) in [4.78, 5) is 22.7. The minimum atomic E-state index is -0.759. The third-order valence-electron chi connectivity index (χ3n) is 1.75. The van der Waals surface area contributed by atoms with Crippen molar-refractivity contribution in [1.29, 1.82) is 0 Å². The van der Waals surface area contributed by atoms with Gasteiger partial charge in [-0.25, -0.2) is 0 Å². The van der Waals surface area contributed by atoms with Gasteiger partial charge in [-0.05, 0) is 6.92 Å². The lowest BCUT2D eigenvalue weighted by Crippen LogP contribution is -2.51. The molecular weight excluding hydrogens is 146 g/mol. The van der Waals surface area contributed by atoms with Crippen LogP contribution in [0.15, 0.2) is 0 Å². The van der Waals surface area contributed by atoms with Crippen molar-refractivity contribution in [2.75, 3.05) is 19.6 Å². The number of carboxylic acids is 1. The van der Waals surface area contributed by atoms with Crippen molar-refractivity contribution in [3.63, 3.8) is 0 Å². The zero-order valence-corrected chi connectivity index (χ0v) is 6.41. The first kappa shape index (κ1) is 8.20. The second kappa shape index (κ2) is 3.00. The first-order valence-electron chi connectivity index (χ1n) is 3.54. The van der Waals surface area contributed by atoms with E-state index in [9.17, 15) is 9.59 Å². The molecule has 1 fully saturated rings. The predicted molar refractivity (Wildman–Crippen MR) is 38.2 cm³/mol. The number of hydrogen-bond donors (Lipinski definition) is 1. The molecule has 0 aromatic rings. The summed E-state index contributed by atoms with van der Waals surface area (Å²) < 4.78 is 0. The van der Waals surface area contributed by atoms with Crippen LogP contribution in [0.3, 0.4) is 0 Å². The molecule has 0 unspecified atom stereocenters. The fourth-order valence-electron chi connectivity index (χ4n) is 1.17. The molecule has 0 aliphatic carbocycles. The van der Waals surface area contributed by atoms with Crippen LogP contribution in [0.1, 0.15) is 6.92 Å². The molecule has 0 aromatic carbocycles. The number of rotatable bonds is 3. The van der Waals surface area contributed by atoms with Crippen LogP contribution in [-0.2, 0) is 9.59 Å². The Morgan fingerprint density at radius 1 is 1.55 bits per heavy atom. The zero-order valence-electron chi connectivity index (χ0n) is 6.41. The maximum atomic E-state index is 10.5. The number of nitrogens with zero attached hydrogens (tertiary/aromatic N) is 1. The second-order valence-electron chi connectivity index (χ2n) is 2.93. The molecule has 11 heavy (non-hydrogen) atoms. The Kier molecular flexibility index (Phi) is 2.24. The van der Waals surface area contributed by atoms with Gasteiger partial charge in [0, 0.05) is 13.1 Å². The number of likely N-dealkylation sites (tertiary alicyclic amines) is 1. The molecular formula is C7H11NO3. The molecule has 4 nitrogen and oxygen atoms in total. The molecule has 1 N–H and O–H groups in total. The Morgan fingerprint density at radius 3 is 2.45 bits per heavy atom. The summed E-state index contributed by atoms with van der Waals surface area (Å²) in [5.41, 5.74) is 0. The summed E-state index contributed by atoms with van der Waals surface area (Å²) in [5, 5.41) is 8.47. The minimum absolute atomic E-state index is 0.0915. The van der Waals surface area contributed by atoms with Gasteiger partial charge in [0.25, 0.3) is 0 Å². The molecule has 1 saturated heterocycles. The highest BCUT2D eigenvalue weighted by Gasteiger charge is 2.32. The first-order valence-corrected chi connectivity index (χ1v) is 3.54. The Hall–Kier alpha value is -0.900. The molecule has 1 rings (SSSR count). The van der Waals surface area contributed by atoms with E-state index in [2.05, 4.69) is 0 Å². The maximum absolute atomic E-state index is 10.5. The Labute approximate surface area is 64.8 Å². The number of carboxylic acid groups (broad SMARTS) is 1. The summed E-state index contributed by atoms with van der Waals surface area (Å²) in [6.45, 7) is 2.95. The quantitative estimate of drug-likeness (QED) is 0.605. The smallest absolute Gasteiger partial charge is 0.309 e. The Morgan fingerprint density at radius 2 is 2.09 bits per heavy atom. The van der Waals surface area contributed by atoms with E-state index in [1.54, 1.807) is 0 Å². The average molecular weight is 157 g/mol. The van der Waals surface area contributed by atoms with Crippen LogP contribution in [0.4, 0.5) is 0 Å². The van der Waals surface area contributed by atoms with Gasteiger partial charge in [0.1, 0.15) is 5.78 Å².